The van der Waals surface area contributed by atoms with Gasteiger partial charge in [-0.15, -0.1) is 0 Å². The normalized spacial score (nSPS) is 18.8. The maximum atomic E-state index is 12.2. The Balaban J connectivity index is 1.27. The van der Waals surface area contributed by atoms with E-state index in [0.717, 1.165) is 42.8 Å². The molecule has 1 amide bonds. The summed E-state index contributed by atoms with van der Waals surface area (Å²) in [6, 6.07) is 11.2. The third-order valence-corrected chi connectivity index (χ3v) is 8.48. The van der Waals surface area contributed by atoms with Crippen molar-refractivity contribution in [2.75, 3.05) is 39.1 Å². The zero-order valence-corrected chi connectivity index (χ0v) is 24.8. The number of fused-ring (bicyclic) bond motifs is 1. The van der Waals surface area contributed by atoms with Crippen LogP contribution >= 0.6 is 0 Å². The highest BCUT2D eigenvalue weighted by Crippen LogP contribution is 2.42. The molecule has 1 aromatic carbocycles. The van der Waals surface area contributed by atoms with Crippen LogP contribution in [0.5, 0.6) is 17.4 Å². The number of carbonyl (C=O) groups excluding carboxylic acids is 1. The van der Waals surface area contributed by atoms with Crippen molar-refractivity contribution in [2.45, 2.75) is 24.9 Å². The van der Waals surface area contributed by atoms with Gasteiger partial charge in [-0.25, -0.2) is 15.0 Å². The van der Waals surface area contributed by atoms with Gasteiger partial charge in [0.15, 0.2) is 0 Å². The summed E-state index contributed by atoms with van der Waals surface area (Å²) in [5.74, 6) is 8.98. The minimum atomic E-state index is -0.190. The SMILES string of the molecule is C=CC(=O)N1CCC(N2CC(C#Cc3c(-c4ccc(Oc5ccccn5)cc4OC)c4c(N)ncnc4n3C)C2)C[C@H]1CO. The van der Waals surface area contributed by atoms with Crippen molar-refractivity contribution in [3.8, 4) is 40.3 Å². The summed E-state index contributed by atoms with van der Waals surface area (Å²) in [6.07, 6.45) is 6.05. The number of methoxy groups -OCH3 is 1. The summed E-state index contributed by atoms with van der Waals surface area (Å²) < 4.78 is 13.7. The molecule has 44 heavy (non-hydrogen) atoms. The lowest BCUT2D eigenvalue weighted by molar-refractivity contribution is -0.132. The number of aliphatic hydroxyl groups excluding tert-OH is 1. The molecule has 6 rings (SSSR count). The molecule has 2 fully saturated rings. The molecule has 3 N–H and O–H groups in total. The van der Waals surface area contributed by atoms with Gasteiger partial charge in [0.05, 0.1) is 25.1 Å². The lowest BCUT2D eigenvalue weighted by atomic mass is 9.90. The average molecular weight is 594 g/mol. The van der Waals surface area contributed by atoms with Crippen LogP contribution in [0.1, 0.15) is 18.5 Å². The van der Waals surface area contributed by atoms with Crippen LogP contribution in [0, 0.1) is 17.8 Å². The molecule has 1 unspecified atom stereocenters. The Bertz CT molecular complexity index is 1750. The summed E-state index contributed by atoms with van der Waals surface area (Å²) in [5, 5.41) is 10.6. The molecule has 0 bridgehead atoms. The molecule has 2 aliphatic rings. The van der Waals surface area contributed by atoms with Crippen LogP contribution in [0.4, 0.5) is 5.82 Å². The molecule has 11 heteroatoms. The monoisotopic (exact) mass is 593 g/mol. The molecule has 0 radical (unpaired) electrons. The van der Waals surface area contributed by atoms with Gasteiger partial charge in [-0.1, -0.05) is 18.6 Å². The molecule has 0 aliphatic carbocycles. The summed E-state index contributed by atoms with van der Waals surface area (Å²) in [5.41, 5.74) is 9.45. The van der Waals surface area contributed by atoms with E-state index in [4.69, 9.17) is 15.2 Å². The minimum absolute atomic E-state index is 0.0529. The Labute approximate surface area is 255 Å². The Hall–Kier alpha value is -4.92. The van der Waals surface area contributed by atoms with Crippen molar-refractivity contribution >= 4 is 22.8 Å². The van der Waals surface area contributed by atoms with E-state index in [1.165, 1.54) is 12.4 Å². The molecular weight excluding hydrogens is 558 g/mol. The standard InChI is InChI=1S/C33H35N7O4/c1-4-29(42)40-14-12-22(15-23(40)19-41)39-17-21(18-39)8-11-26-30(31-32(34)36-20-37-33(31)38(26)2)25-10-9-24(16-27(25)43-3)44-28-7-5-6-13-35-28/h4-7,9-10,13,16,20-23,41H,1,12,14-15,17-19H2,2-3H3,(H2,34,36,37)/t22?,23-/m0/s1. The number of rotatable bonds is 7. The van der Waals surface area contributed by atoms with Crippen molar-refractivity contribution in [3.05, 3.63) is 67.3 Å². The fourth-order valence-corrected chi connectivity index (χ4v) is 6.17. The Morgan fingerprint density at radius 1 is 1.23 bits per heavy atom. The predicted octanol–water partition coefficient (Wildman–Crippen LogP) is 3.23. The van der Waals surface area contributed by atoms with Crippen molar-refractivity contribution < 1.29 is 19.4 Å². The molecule has 3 aromatic heterocycles. The van der Waals surface area contributed by atoms with E-state index in [9.17, 15) is 9.90 Å². The topological polar surface area (TPSA) is 132 Å². The average Bonchev–Trinajstić information content (AvgIpc) is 3.32. The summed E-state index contributed by atoms with van der Waals surface area (Å²) >= 11 is 0. The number of aryl methyl sites for hydroxylation is 1. The van der Waals surface area contributed by atoms with Crippen molar-refractivity contribution in [1.29, 1.82) is 0 Å². The van der Waals surface area contributed by atoms with Gasteiger partial charge < -0.3 is 29.8 Å². The quantitative estimate of drug-likeness (QED) is 0.245. The second kappa shape index (κ2) is 12.4. The third-order valence-electron chi connectivity index (χ3n) is 8.48. The van der Waals surface area contributed by atoms with Crippen LogP contribution in [0.3, 0.4) is 0 Å². The van der Waals surface area contributed by atoms with E-state index in [1.807, 2.05) is 41.9 Å². The first-order valence-corrected chi connectivity index (χ1v) is 14.6. The molecule has 2 aliphatic heterocycles. The Morgan fingerprint density at radius 2 is 2.07 bits per heavy atom. The van der Waals surface area contributed by atoms with Gasteiger partial charge in [-0.05, 0) is 43.0 Å². The van der Waals surface area contributed by atoms with E-state index in [0.29, 0.717) is 46.8 Å². The van der Waals surface area contributed by atoms with E-state index in [2.05, 4.69) is 38.3 Å². The number of aliphatic hydroxyl groups is 1. The fourth-order valence-electron chi connectivity index (χ4n) is 6.17. The van der Waals surface area contributed by atoms with Crippen LogP contribution < -0.4 is 15.2 Å². The first-order chi connectivity index (χ1) is 21.4. The molecule has 4 aromatic rings. The third kappa shape index (κ3) is 5.45. The number of nitrogens with two attached hydrogens (primary N) is 1. The van der Waals surface area contributed by atoms with Crippen LogP contribution in [0.2, 0.25) is 0 Å². The van der Waals surface area contributed by atoms with Crippen LogP contribution in [0.25, 0.3) is 22.2 Å². The number of benzene rings is 1. The number of nitrogens with zero attached hydrogens (tertiary/aromatic N) is 6. The lowest BCUT2D eigenvalue weighted by Crippen LogP contribution is -2.58. The molecular formula is C33H35N7O4. The maximum Gasteiger partial charge on any atom is 0.246 e. The van der Waals surface area contributed by atoms with Gasteiger partial charge in [0.2, 0.25) is 11.8 Å². The Morgan fingerprint density at radius 3 is 2.80 bits per heavy atom. The zero-order valence-electron chi connectivity index (χ0n) is 24.8. The second-order valence-electron chi connectivity index (χ2n) is 11.0. The minimum Gasteiger partial charge on any atom is -0.496 e. The lowest BCUT2D eigenvalue weighted by Gasteiger charge is -2.48. The van der Waals surface area contributed by atoms with Gasteiger partial charge in [-0.2, -0.15) is 0 Å². The van der Waals surface area contributed by atoms with E-state index < -0.39 is 0 Å². The van der Waals surface area contributed by atoms with E-state index in [-0.39, 0.29) is 24.5 Å². The van der Waals surface area contributed by atoms with Gasteiger partial charge in [0.1, 0.15) is 35.0 Å². The van der Waals surface area contributed by atoms with E-state index in [1.54, 1.807) is 24.3 Å². The van der Waals surface area contributed by atoms with Gasteiger partial charge >= 0.3 is 0 Å². The maximum absolute atomic E-state index is 12.2. The number of carbonyl (C=O) groups is 1. The molecule has 2 atom stereocenters. The number of piperidine rings is 1. The number of nitrogen functional groups attached to an aromatic ring is 1. The van der Waals surface area contributed by atoms with Crippen molar-refractivity contribution in [2.24, 2.45) is 13.0 Å². The first kappa shape index (κ1) is 29.2. The molecule has 2 saturated heterocycles. The van der Waals surface area contributed by atoms with Gasteiger partial charge in [0, 0.05) is 68.1 Å². The number of anilines is 1. The van der Waals surface area contributed by atoms with Crippen LogP contribution in [-0.4, -0.2) is 85.8 Å². The predicted molar refractivity (Wildman–Crippen MR) is 167 cm³/mol. The zero-order chi connectivity index (χ0) is 30.8. The molecule has 11 nitrogen and oxygen atoms in total. The van der Waals surface area contributed by atoms with Crippen LogP contribution in [0.15, 0.2) is 61.6 Å². The number of likely N-dealkylation sites (tertiary alicyclic amines) is 2. The second-order valence-corrected chi connectivity index (χ2v) is 11.0. The highest BCUT2D eigenvalue weighted by molar-refractivity contribution is 6.04. The van der Waals surface area contributed by atoms with Crippen molar-refractivity contribution in [3.63, 3.8) is 0 Å². The van der Waals surface area contributed by atoms with Crippen LogP contribution in [-0.2, 0) is 11.8 Å². The number of hydrogen-bond acceptors (Lipinski definition) is 9. The molecule has 226 valence electrons. The summed E-state index contributed by atoms with van der Waals surface area (Å²) in [7, 11) is 3.54. The number of amides is 1. The highest BCUT2D eigenvalue weighted by atomic mass is 16.5. The Kier molecular flexibility index (Phi) is 8.19. The van der Waals surface area contributed by atoms with Gasteiger partial charge in [0.25, 0.3) is 0 Å². The summed E-state index contributed by atoms with van der Waals surface area (Å²) in [4.78, 5) is 29.3. The smallest absolute Gasteiger partial charge is 0.246 e. The summed E-state index contributed by atoms with van der Waals surface area (Å²) in [6.45, 7) is 5.81. The number of aromatic nitrogens is 4. The highest BCUT2D eigenvalue weighted by Gasteiger charge is 2.37. The molecule has 0 spiro atoms. The molecule has 0 saturated carbocycles. The molecule has 5 heterocycles. The van der Waals surface area contributed by atoms with Gasteiger partial charge in [-0.3, -0.25) is 9.69 Å². The number of pyridine rings is 1. The first-order valence-electron chi connectivity index (χ1n) is 14.6. The van der Waals surface area contributed by atoms with Crippen molar-refractivity contribution in [1.82, 2.24) is 29.3 Å². The number of hydrogen-bond donors (Lipinski definition) is 2. The number of ether oxygens (including phenoxy) is 2. The largest absolute Gasteiger partial charge is 0.496 e. The fraction of sp³-hybridized carbons (Fsp3) is 0.333. The van der Waals surface area contributed by atoms with E-state index >= 15 is 0 Å².